The predicted octanol–water partition coefficient (Wildman–Crippen LogP) is 3.13. The number of hydrogen-bond donors (Lipinski definition) is 1. The molecule has 2 N–H and O–H groups in total. The molecule has 0 radical (unpaired) electrons. The zero-order valence-electron chi connectivity index (χ0n) is 12.0. The quantitative estimate of drug-likeness (QED) is 0.879. The lowest BCUT2D eigenvalue weighted by atomic mass is 9.96. The maximum Gasteiger partial charge on any atom is 0.223 e. The van der Waals surface area contributed by atoms with Crippen LogP contribution in [0.1, 0.15) is 30.9 Å². The second-order valence-corrected chi connectivity index (χ2v) is 6.54. The molecule has 1 amide bonds. The average Bonchev–Trinajstić information content (AvgIpc) is 2.58. The summed E-state index contributed by atoms with van der Waals surface area (Å²) in [5.74, 6) is 0.122. The van der Waals surface area contributed by atoms with Gasteiger partial charge in [0.1, 0.15) is 0 Å². The number of likely N-dealkylation sites (tertiary alicyclic amines) is 1. The van der Waals surface area contributed by atoms with Crippen molar-refractivity contribution in [1.29, 1.82) is 0 Å². The molecule has 0 saturated carbocycles. The number of carbonyl (C=O) groups is 1. The molecule has 1 aliphatic rings. The lowest BCUT2D eigenvalue weighted by Crippen LogP contribution is -2.43. The first-order valence-electron chi connectivity index (χ1n) is 7.03. The summed E-state index contributed by atoms with van der Waals surface area (Å²) in [4.78, 5) is 14.2. The molecule has 0 aromatic heterocycles. The first-order chi connectivity index (χ1) is 10.0. The second-order valence-electron chi connectivity index (χ2n) is 5.25. The highest BCUT2D eigenvalue weighted by Gasteiger charge is 2.33. The molecule has 1 aliphatic heterocycles. The first kappa shape index (κ1) is 16.7. The molecule has 1 saturated heterocycles. The van der Waals surface area contributed by atoms with Gasteiger partial charge in [0.25, 0.3) is 0 Å². The highest BCUT2D eigenvalue weighted by atomic mass is 79.9. The maximum atomic E-state index is 12.4. The van der Waals surface area contributed by atoms with Gasteiger partial charge in [-0.05, 0) is 36.6 Å². The summed E-state index contributed by atoms with van der Waals surface area (Å²) in [5, 5.41) is 0.642. The highest BCUT2D eigenvalue weighted by molar-refractivity contribution is 9.10. The van der Waals surface area contributed by atoms with Crippen molar-refractivity contribution >= 4 is 33.4 Å². The Hall–Kier alpha value is -0.620. The van der Waals surface area contributed by atoms with Crippen molar-refractivity contribution in [3.63, 3.8) is 0 Å². The smallest absolute Gasteiger partial charge is 0.223 e. The van der Waals surface area contributed by atoms with Crippen LogP contribution in [0.25, 0.3) is 0 Å². The standard InChI is InChI=1S/C15H20BrClN2O2/c1-21-8-7-19-14(20)4-2-3-13(18)15(19)11-9-10(17)5-6-12(11)16/h5-6,9,13,15H,2-4,7-8,18H2,1H3. The highest BCUT2D eigenvalue weighted by Crippen LogP contribution is 2.35. The fourth-order valence-electron chi connectivity index (χ4n) is 2.77. The molecule has 21 heavy (non-hydrogen) atoms. The molecule has 0 aliphatic carbocycles. The number of carbonyl (C=O) groups excluding carboxylic acids is 1. The van der Waals surface area contributed by atoms with Crippen molar-refractivity contribution in [3.8, 4) is 0 Å². The van der Waals surface area contributed by atoms with E-state index in [-0.39, 0.29) is 18.0 Å². The van der Waals surface area contributed by atoms with Crippen LogP contribution in [0.15, 0.2) is 22.7 Å². The van der Waals surface area contributed by atoms with Crippen LogP contribution in [0.5, 0.6) is 0 Å². The zero-order valence-corrected chi connectivity index (χ0v) is 14.4. The second kappa shape index (κ2) is 7.58. The average molecular weight is 376 g/mol. The molecule has 1 fully saturated rings. The van der Waals surface area contributed by atoms with Crippen LogP contribution in [-0.4, -0.2) is 37.1 Å². The lowest BCUT2D eigenvalue weighted by molar-refractivity contribution is -0.134. The van der Waals surface area contributed by atoms with Crippen molar-refractivity contribution in [2.75, 3.05) is 20.3 Å². The Kier molecular flexibility index (Phi) is 6.05. The summed E-state index contributed by atoms with van der Waals surface area (Å²) in [6.07, 6.45) is 2.17. The SMILES string of the molecule is COCCN1C(=O)CCCC(N)C1c1cc(Cl)ccc1Br. The van der Waals surface area contributed by atoms with Gasteiger partial charge in [-0.25, -0.2) is 0 Å². The van der Waals surface area contributed by atoms with E-state index in [0.717, 1.165) is 22.9 Å². The van der Waals surface area contributed by atoms with Crippen LogP contribution < -0.4 is 5.73 Å². The number of nitrogens with zero attached hydrogens (tertiary/aromatic N) is 1. The van der Waals surface area contributed by atoms with E-state index in [1.165, 1.54) is 0 Å². The number of benzene rings is 1. The molecular formula is C15H20BrClN2O2. The first-order valence-corrected chi connectivity index (χ1v) is 8.20. The summed E-state index contributed by atoms with van der Waals surface area (Å²) in [5.41, 5.74) is 7.32. The van der Waals surface area contributed by atoms with E-state index >= 15 is 0 Å². The molecule has 4 nitrogen and oxygen atoms in total. The van der Waals surface area contributed by atoms with E-state index in [1.807, 2.05) is 23.1 Å². The Labute approximate surface area is 138 Å². The maximum absolute atomic E-state index is 12.4. The molecule has 0 spiro atoms. The van der Waals surface area contributed by atoms with Crippen molar-refractivity contribution in [3.05, 3.63) is 33.3 Å². The fourth-order valence-corrected chi connectivity index (χ4v) is 3.43. The van der Waals surface area contributed by atoms with Gasteiger partial charge in [-0.1, -0.05) is 27.5 Å². The molecule has 2 rings (SSSR count). The molecule has 2 atom stereocenters. The van der Waals surface area contributed by atoms with E-state index in [2.05, 4.69) is 15.9 Å². The van der Waals surface area contributed by atoms with Gasteiger partial charge in [0.2, 0.25) is 5.91 Å². The minimum Gasteiger partial charge on any atom is -0.383 e. The van der Waals surface area contributed by atoms with E-state index in [1.54, 1.807) is 7.11 Å². The molecule has 116 valence electrons. The molecular weight excluding hydrogens is 356 g/mol. The van der Waals surface area contributed by atoms with Crippen molar-refractivity contribution < 1.29 is 9.53 Å². The third-order valence-corrected chi connectivity index (χ3v) is 4.76. The molecule has 0 bridgehead atoms. The Morgan fingerprint density at radius 1 is 1.52 bits per heavy atom. The monoisotopic (exact) mass is 374 g/mol. The summed E-state index contributed by atoms with van der Waals surface area (Å²) in [6.45, 7) is 1.03. The van der Waals surface area contributed by atoms with Crippen LogP contribution >= 0.6 is 27.5 Å². The van der Waals surface area contributed by atoms with Gasteiger partial charge >= 0.3 is 0 Å². The minimum atomic E-state index is -0.178. The summed E-state index contributed by atoms with van der Waals surface area (Å²) >= 11 is 9.67. The molecule has 1 aromatic rings. The Bertz CT molecular complexity index is 512. The van der Waals surface area contributed by atoms with Crippen molar-refractivity contribution in [2.45, 2.75) is 31.3 Å². The van der Waals surface area contributed by atoms with Gasteiger partial charge in [-0.2, -0.15) is 0 Å². The minimum absolute atomic E-state index is 0.108. The number of rotatable bonds is 4. The molecule has 2 unspecified atom stereocenters. The van der Waals surface area contributed by atoms with E-state index in [0.29, 0.717) is 24.6 Å². The van der Waals surface area contributed by atoms with Crippen LogP contribution in [-0.2, 0) is 9.53 Å². The number of amides is 1. The third-order valence-electron chi connectivity index (χ3n) is 3.80. The number of methoxy groups -OCH3 is 1. The normalized spacial score (nSPS) is 23.2. The summed E-state index contributed by atoms with van der Waals surface area (Å²) in [6, 6.07) is 5.31. The third kappa shape index (κ3) is 3.97. The number of hydrogen-bond acceptors (Lipinski definition) is 3. The van der Waals surface area contributed by atoms with Gasteiger partial charge in [-0.3, -0.25) is 4.79 Å². The van der Waals surface area contributed by atoms with Gasteiger partial charge in [0, 0.05) is 35.6 Å². The van der Waals surface area contributed by atoms with Gasteiger partial charge in [0.15, 0.2) is 0 Å². The van der Waals surface area contributed by atoms with Gasteiger partial charge in [0.05, 0.1) is 12.6 Å². The number of halogens is 2. The Morgan fingerprint density at radius 3 is 3.00 bits per heavy atom. The van der Waals surface area contributed by atoms with E-state index in [4.69, 9.17) is 22.1 Å². The Balaban J connectivity index is 2.41. The molecule has 1 heterocycles. The van der Waals surface area contributed by atoms with Crippen LogP contribution in [0.2, 0.25) is 5.02 Å². The van der Waals surface area contributed by atoms with Crippen molar-refractivity contribution in [2.24, 2.45) is 5.73 Å². The largest absolute Gasteiger partial charge is 0.383 e. The fraction of sp³-hybridized carbons (Fsp3) is 0.533. The summed E-state index contributed by atoms with van der Waals surface area (Å²) < 4.78 is 6.06. The molecule has 1 aromatic carbocycles. The lowest BCUT2D eigenvalue weighted by Gasteiger charge is -2.34. The van der Waals surface area contributed by atoms with Gasteiger partial charge < -0.3 is 15.4 Å². The topological polar surface area (TPSA) is 55.6 Å². The van der Waals surface area contributed by atoms with Crippen LogP contribution in [0, 0.1) is 0 Å². The van der Waals surface area contributed by atoms with E-state index < -0.39 is 0 Å². The van der Waals surface area contributed by atoms with E-state index in [9.17, 15) is 4.79 Å². The number of nitrogens with two attached hydrogens (primary N) is 1. The molecule has 6 heteroatoms. The van der Waals surface area contributed by atoms with Crippen LogP contribution in [0.4, 0.5) is 0 Å². The van der Waals surface area contributed by atoms with Gasteiger partial charge in [-0.15, -0.1) is 0 Å². The van der Waals surface area contributed by atoms with Crippen molar-refractivity contribution in [1.82, 2.24) is 4.90 Å². The Morgan fingerprint density at radius 2 is 2.29 bits per heavy atom. The number of ether oxygens (including phenoxy) is 1. The predicted molar refractivity (Wildman–Crippen MR) is 87.3 cm³/mol. The van der Waals surface area contributed by atoms with Crippen LogP contribution in [0.3, 0.4) is 0 Å². The summed E-state index contributed by atoms with van der Waals surface area (Å²) in [7, 11) is 1.63. The zero-order chi connectivity index (χ0) is 15.4.